The lowest BCUT2D eigenvalue weighted by Gasteiger charge is -2.07. The number of tetrazole rings is 1. The first-order valence-corrected chi connectivity index (χ1v) is 7.25. The van der Waals surface area contributed by atoms with Crippen LogP contribution in [0.1, 0.15) is 13.3 Å². The summed E-state index contributed by atoms with van der Waals surface area (Å²) in [5.74, 6) is 0.374. The normalized spacial score (nSPS) is 12.0. The first-order chi connectivity index (χ1) is 9.53. The molecule has 0 amide bonds. The molecule has 1 rings (SSSR count). The SMILES string of the molecule is CCCNCCn1nnnc1SCCOCC(F)(F)F. The van der Waals surface area contributed by atoms with Gasteiger partial charge in [0.05, 0.1) is 13.2 Å². The van der Waals surface area contributed by atoms with Crippen molar-refractivity contribution in [3.63, 3.8) is 0 Å². The van der Waals surface area contributed by atoms with Crippen LogP contribution in [0.25, 0.3) is 0 Å². The molecule has 20 heavy (non-hydrogen) atoms. The first-order valence-electron chi connectivity index (χ1n) is 6.27. The largest absolute Gasteiger partial charge is 0.411 e. The van der Waals surface area contributed by atoms with Crippen LogP contribution in [0.3, 0.4) is 0 Å². The average molecular weight is 313 g/mol. The standard InChI is InChI=1S/C10H18F3N5OS/c1-2-3-14-4-5-18-9(15-16-17-18)20-7-6-19-8-10(11,12)13/h14H,2-8H2,1H3. The van der Waals surface area contributed by atoms with Gasteiger partial charge in [-0.15, -0.1) is 5.10 Å². The summed E-state index contributed by atoms with van der Waals surface area (Å²) in [6.07, 6.45) is -3.23. The van der Waals surface area contributed by atoms with Gasteiger partial charge in [-0.05, 0) is 23.4 Å². The maximum atomic E-state index is 11.8. The molecule has 116 valence electrons. The number of hydrogen-bond acceptors (Lipinski definition) is 6. The fourth-order valence-corrected chi connectivity index (χ4v) is 2.06. The molecule has 1 aromatic rings. The highest BCUT2D eigenvalue weighted by atomic mass is 32.2. The summed E-state index contributed by atoms with van der Waals surface area (Å²) in [4.78, 5) is 0. The van der Waals surface area contributed by atoms with E-state index in [9.17, 15) is 13.2 Å². The van der Waals surface area contributed by atoms with Gasteiger partial charge < -0.3 is 10.1 Å². The summed E-state index contributed by atoms with van der Waals surface area (Å²) in [5.41, 5.74) is 0. The molecule has 0 aliphatic rings. The number of nitrogens with one attached hydrogen (secondary N) is 1. The topological polar surface area (TPSA) is 64.9 Å². The van der Waals surface area contributed by atoms with Crippen LogP contribution in [0.2, 0.25) is 0 Å². The van der Waals surface area contributed by atoms with Crippen LogP contribution < -0.4 is 5.32 Å². The molecule has 0 atom stereocenters. The number of thioether (sulfide) groups is 1. The number of hydrogen-bond donors (Lipinski definition) is 1. The van der Waals surface area contributed by atoms with Gasteiger partial charge in [-0.25, -0.2) is 4.68 Å². The third kappa shape index (κ3) is 7.65. The lowest BCUT2D eigenvalue weighted by molar-refractivity contribution is -0.172. The van der Waals surface area contributed by atoms with Gasteiger partial charge in [0.15, 0.2) is 0 Å². The lowest BCUT2D eigenvalue weighted by atomic mass is 10.5. The molecule has 1 N–H and O–H groups in total. The Balaban J connectivity index is 2.18. The second-order valence-electron chi connectivity index (χ2n) is 3.95. The Kier molecular flexibility index (Phi) is 7.85. The van der Waals surface area contributed by atoms with Gasteiger partial charge in [-0.1, -0.05) is 18.7 Å². The summed E-state index contributed by atoms with van der Waals surface area (Å²) in [6.45, 7) is 3.16. The van der Waals surface area contributed by atoms with Crippen LogP contribution in [-0.4, -0.2) is 58.4 Å². The van der Waals surface area contributed by atoms with E-state index in [0.717, 1.165) is 19.5 Å². The number of rotatable bonds is 10. The Hall–Kier alpha value is -0.870. The number of nitrogens with zero attached hydrogens (tertiary/aromatic N) is 4. The zero-order chi connectivity index (χ0) is 14.8. The van der Waals surface area contributed by atoms with E-state index in [1.54, 1.807) is 4.68 Å². The van der Waals surface area contributed by atoms with Crippen molar-refractivity contribution in [3.05, 3.63) is 0 Å². The van der Waals surface area contributed by atoms with E-state index in [-0.39, 0.29) is 6.61 Å². The molecular formula is C10H18F3N5OS. The summed E-state index contributed by atoms with van der Waals surface area (Å²) >= 11 is 1.27. The van der Waals surface area contributed by atoms with E-state index in [4.69, 9.17) is 0 Å². The van der Waals surface area contributed by atoms with Crippen molar-refractivity contribution in [1.29, 1.82) is 0 Å². The van der Waals surface area contributed by atoms with E-state index in [0.29, 0.717) is 17.5 Å². The number of aromatic nitrogens is 4. The Morgan fingerprint density at radius 2 is 2.15 bits per heavy atom. The Morgan fingerprint density at radius 1 is 1.35 bits per heavy atom. The molecule has 0 bridgehead atoms. The zero-order valence-electron chi connectivity index (χ0n) is 11.2. The van der Waals surface area contributed by atoms with E-state index >= 15 is 0 Å². The molecule has 0 aromatic carbocycles. The highest BCUT2D eigenvalue weighted by Crippen LogP contribution is 2.16. The molecule has 0 saturated carbocycles. The lowest BCUT2D eigenvalue weighted by Crippen LogP contribution is -2.21. The molecule has 0 aliphatic heterocycles. The second-order valence-corrected chi connectivity index (χ2v) is 5.01. The minimum atomic E-state index is -4.28. The third-order valence-electron chi connectivity index (χ3n) is 2.15. The molecule has 0 unspecified atom stereocenters. The van der Waals surface area contributed by atoms with Crippen LogP contribution in [0.5, 0.6) is 0 Å². The van der Waals surface area contributed by atoms with Crippen molar-refractivity contribution in [2.45, 2.75) is 31.2 Å². The summed E-state index contributed by atoms with van der Waals surface area (Å²) in [5, 5.41) is 15.0. The van der Waals surface area contributed by atoms with Crippen molar-refractivity contribution < 1.29 is 17.9 Å². The van der Waals surface area contributed by atoms with Crippen LogP contribution in [0.15, 0.2) is 5.16 Å². The van der Waals surface area contributed by atoms with Gasteiger partial charge >= 0.3 is 6.18 Å². The van der Waals surface area contributed by atoms with Crippen LogP contribution in [-0.2, 0) is 11.3 Å². The number of halogens is 3. The Morgan fingerprint density at radius 3 is 2.85 bits per heavy atom. The second kappa shape index (κ2) is 9.14. The molecule has 0 radical (unpaired) electrons. The maximum absolute atomic E-state index is 11.8. The van der Waals surface area contributed by atoms with E-state index in [1.165, 1.54) is 11.8 Å². The molecule has 0 fully saturated rings. The van der Waals surface area contributed by atoms with E-state index in [1.807, 2.05) is 0 Å². The minimum Gasteiger partial charge on any atom is -0.371 e. The van der Waals surface area contributed by atoms with Gasteiger partial charge in [0.1, 0.15) is 6.61 Å². The van der Waals surface area contributed by atoms with Crippen molar-refractivity contribution >= 4 is 11.8 Å². The molecule has 0 spiro atoms. The van der Waals surface area contributed by atoms with E-state index < -0.39 is 12.8 Å². The summed E-state index contributed by atoms with van der Waals surface area (Å²) in [6, 6.07) is 0. The van der Waals surface area contributed by atoms with Crippen molar-refractivity contribution in [2.75, 3.05) is 32.1 Å². The molecule has 0 aliphatic carbocycles. The zero-order valence-corrected chi connectivity index (χ0v) is 12.0. The maximum Gasteiger partial charge on any atom is 0.411 e. The molecule has 1 heterocycles. The Labute approximate surface area is 119 Å². The third-order valence-corrected chi connectivity index (χ3v) is 3.07. The van der Waals surface area contributed by atoms with Crippen LogP contribution in [0.4, 0.5) is 13.2 Å². The predicted molar refractivity (Wildman–Crippen MR) is 68.6 cm³/mol. The molecule has 1 aromatic heterocycles. The van der Waals surface area contributed by atoms with Gasteiger partial charge in [-0.3, -0.25) is 0 Å². The van der Waals surface area contributed by atoms with Gasteiger partial charge in [-0.2, -0.15) is 13.2 Å². The van der Waals surface area contributed by atoms with Gasteiger partial charge in [0, 0.05) is 12.3 Å². The molecule has 6 nitrogen and oxygen atoms in total. The quantitative estimate of drug-likeness (QED) is 0.519. The Bertz CT molecular complexity index is 374. The average Bonchev–Trinajstić information content (AvgIpc) is 2.80. The summed E-state index contributed by atoms with van der Waals surface area (Å²) in [7, 11) is 0. The van der Waals surface area contributed by atoms with Crippen molar-refractivity contribution in [2.24, 2.45) is 0 Å². The van der Waals surface area contributed by atoms with Crippen LogP contribution in [0, 0.1) is 0 Å². The first kappa shape index (κ1) is 17.2. The minimum absolute atomic E-state index is 0.00508. The van der Waals surface area contributed by atoms with E-state index in [2.05, 4.69) is 32.5 Å². The fraction of sp³-hybridized carbons (Fsp3) is 0.900. The number of ether oxygens (including phenoxy) is 1. The molecule has 0 saturated heterocycles. The van der Waals surface area contributed by atoms with Gasteiger partial charge in [0.25, 0.3) is 0 Å². The van der Waals surface area contributed by atoms with Crippen molar-refractivity contribution in [1.82, 2.24) is 25.5 Å². The van der Waals surface area contributed by atoms with Crippen LogP contribution >= 0.6 is 11.8 Å². The molecule has 10 heteroatoms. The van der Waals surface area contributed by atoms with Gasteiger partial charge in [0.2, 0.25) is 5.16 Å². The summed E-state index contributed by atoms with van der Waals surface area (Å²) < 4.78 is 41.7. The van der Waals surface area contributed by atoms with Crippen molar-refractivity contribution in [3.8, 4) is 0 Å². The monoisotopic (exact) mass is 313 g/mol. The fourth-order valence-electron chi connectivity index (χ4n) is 1.31. The smallest absolute Gasteiger partial charge is 0.371 e. The predicted octanol–water partition coefficient (Wildman–Crippen LogP) is 1.34. The highest BCUT2D eigenvalue weighted by molar-refractivity contribution is 7.99. The highest BCUT2D eigenvalue weighted by Gasteiger charge is 2.27. The molecular weight excluding hydrogens is 295 g/mol. The number of alkyl halides is 3.